The van der Waals surface area contributed by atoms with Crippen molar-refractivity contribution in [1.29, 1.82) is 0 Å². The lowest BCUT2D eigenvalue weighted by Gasteiger charge is -2.10. The van der Waals surface area contributed by atoms with Crippen LogP contribution in [0.3, 0.4) is 0 Å². The summed E-state index contributed by atoms with van der Waals surface area (Å²) >= 11 is 0. The number of rotatable bonds is 6. The van der Waals surface area contributed by atoms with Gasteiger partial charge in [-0.3, -0.25) is 0 Å². The van der Waals surface area contributed by atoms with Gasteiger partial charge in [-0.2, -0.15) is 15.0 Å². The fourth-order valence-electron chi connectivity index (χ4n) is 1.58. The third-order valence-corrected chi connectivity index (χ3v) is 2.65. The van der Waals surface area contributed by atoms with E-state index in [-0.39, 0.29) is 12.1 Å². The van der Waals surface area contributed by atoms with Crippen LogP contribution < -0.4 is 15.4 Å². The van der Waals surface area contributed by atoms with Gasteiger partial charge in [0.25, 0.3) is 0 Å². The maximum absolute atomic E-state index is 5.50. The van der Waals surface area contributed by atoms with Gasteiger partial charge in [-0.15, -0.1) is 0 Å². The highest BCUT2D eigenvalue weighted by Crippen LogP contribution is 2.14. The number of aromatic nitrogens is 4. The van der Waals surface area contributed by atoms with Crippen molar-refractivity contribution in [3.63, 3.8) is 0 Å². The van der Waals surface area contributed by atoms with Gasteiger partial charge in [0.15, 0.2) is 0 Å². The molecule has 0 saturated heterocycles. The second-order valence-corrected chi connectivity index (χ2v) is 4.78. The van der Waals surface area contributed by atoms with Crippen LogP contribution in [-0.2, 0) is 6.54 Å². The number of hydrogen-bond acceptors (Lipinski definition) is 8. The van der Waals surface area contributed by atoms with Crippen molar-refractivity contribution in [2.75, 3.05) is 17.7 Å². The first-order chi connectivity index (χ1) is 9.97. The summed E-state index contributed by atoms with van der Waals surface area (Å²) in [6.45, 7) is 7.99. The van der Waals surface area contributed by atoms with Crippen molar-refractivity contribution >= 4 is 11.9 Å². The number of oxazole rings is 1. The molecule has 0 aliphatic rings. The van der Waals surface area contributed by atoms with E-state index in [1.165, 1.54) is 0 Å². The largest absolute Gasteiger partial charge is 0.461 e. The molecule has 2 heterocycles. The highest BCUT2D eigenvalue weighted by Gasteiger charge is 2.10. The SMILES string of the molecule is CNc1nc(NCc2nc(C)c(C)o2)nc(OC(C)C)n1. The van der Waals surface area contributed by atoms with Crippen molar-refractivity contribution in [2.24, 2.45) is 0 Å². The van der Waals surface area contributed by atoms with Crippen LogP contribution in [0, 0.1) is 13.8 Å². The molecule has 0 bridgehead atoms. The van der Waals surface area contributed by atoms with Crippen LogP contribution in [0.4, 0.5) is 11.9 Å². The van der Waals surface area contributed by atoms with E-state index >= 15 is 0 Å². The van der Waals surface area contributed by atoms with Gasteiger partial charge >= 0.3 is 6.01 Å². The van der Waals surface area contributed by atoms with Gasteiger partial charge in [0.2, 0.25) is 17.8 Å². The zero-order valence-corrected chi connectivity index (χ0v) is 12.9. The normalized spacial score (nSPS) is 10.8. The third-order valence-electron chi connectivity index (χ3n) is 2.65. The van der Waals surface area contributed by atoms with Crippen LogP contribution in [0.25, 0.3) is 0 Å². The molecule has 0 saturated carbocycles. The number of hydrogen-bond donors (Lipinski definition) is 2. The van der Waals surface area contributed by atoms with Gasteiger partial charge in [-0.25, -0.2) is 4.98 Å². The molecule has 0 aliphatic carbocycles. The average Bonchev–Trinajstić information content (AvgIpc) is 2.74. The molecule has 0 unspecified atom stereocenters. The van der Waals surface area contributed by atoms with Crippen molar-refractivity contribution < 1.29 is 9.15 Å². The minimum absolute atomic E-state index is 0.0120. The second kappa shape index (κ2) is 6.38. The molecule has 2 aromatic heterocycles. The predicted molar refractivity (Wildman–Crippen MR) is 78.4 cm³/mol. The van der Waals surface area contributed by atoms with Gasteiger partial charge in [0, 0.05) is 7.05 Å². The minimum atomic E-state index is -0.0120. The Balaban J connectivity index is 2.11. The first-order valence-electron chi connectivity index (χ1n) is 6.75. The molecule has 114 valence electrons. The number of aryl methyl sites for hydroxylation is 2. The fourth-order valence-corrected chi connectivity index (χ4v) is 1.58. The molecular weight excluding hydrogens is 272 g/mol. The van der Waals surface area contributed by atoms with Gasteiger partial charge in [0.1, 0.15) is 5.76 Å². The molecular formula is C13H20N6O2. The summed E-state index contributed by atoms with van der Waals surface area (Å²) in [5.74, 6) is 2.23. The van der Waals surface area contributed by atoms with E-state index in [0.29, 0.717) is 24.3 Å². The predicted octanol–water partition coefficient (Wildman–Crippen LogP) is 1.92. The van der Waals surface area contributed by atoms with E-state index in [4.69, 9.17) is 9.15 Å². The van der Waals surface area contributed by atoms with E-state index < -0.39 is 0 Å². The summed E-state index contributed by atoms with van der Waals surface area (Å²) in [6.07, 6.45) is -0.0120. The van der Waals surface area contributed by atoms with Crippen molar-refractivity contribution in [3.05, 3.63) is 17.3 Å². The Bertz CT molecular complexity index is 591. The highest BCUT2D eigenvalue weighted by molar-refractivity contribution is 5.35. The molecule has 0 spiro atoms. The third kappa shape index (κ3) is 4.04. The molecule has 0 amide bonds. The number of ether oxygens (including phenoxy) is 1. The monoisotopic (exact) mass is 292 g/mol. The number of nitrogens with zero attached hydrogens (tertiary/aromatic N) is 4. The van der Waals surface area contributed by atoms with Crippen molar-refractivity contribution in [2.45, 2.75) is 40.3 Å². The first-order valence-corrected chi connectivity index (χ1v) is 6.75. The molecule has 8 heteroatoms. The Labute approximate surface area is 123 Å². The molecule has 2 aromatic rings. The zero-order valence-electron chi connectivity index (χ0n) is 12.9. The van der Waals surface area contributed by atoms with Crippen molar-refractivity contribution in [1.82, 2.24) is 19.9 Å². The lowest BCUT2D eigenvalue weighted by molar-refractivity contribution is 0.222. The van der Waals surface area contributed by atoms with Crippen LogP contribution in [0.15, 0.2) is 4.42 Å². The Morgan fingerprint density at radius 1 is 1.10 bits per heavy atom. The van der Waals surface area contributed by atoms with Gasteiger partial charge < -0.3 is 19.8 Å². The fraction of sp³-hybridized carbons (Fsp3) is 0.538. The second-order valence-electron chi connectivity index (χ2n) is 4.78. The molecule has 2 N–H and O–H groups in total. The minimum Gasteiger partial charge on any atom is -0.461 e. The van der Waals surface area contributed by atoms with Crippen LogP contribution in [-0.4, -0.2) is 33.1 Å². The van der Waals surface area contributed by atoms with E-state index in [2.05, 4.69) is 30.6 Å². The van der Waals surface area contributed by atoms with Gasteiger partial charge in [0.05, 0.1) is 18.3 Å². The summed E-state index contributed by atoms with van der Waals surface area (Å²) in [5, 5.41) is 5.92. The molecule has 0 fully saturated rings. The lowest BCUT2D eigenvalue weighted by Crippen LogP contribution is -2.13. The molecule has 0 aromatic carbocycles. The Kier molecular flexibility index (Phi) is 4.56. The molecule has 2 rings (SSSR count). The smallest absolute Gasteiger partial charge is 0.323 e. The quantitative estimate of drug-likeness (QED) is 0.833. The molecule has 8 nitrogen and oxygen atoms in total. The van der Waals surface area contributed by atoms with Gasteiger partial charge in [-0.05, 0) is 27.7 Å². The van der Waals surface area contributed by atoms with E-state index in [9.17, 15) is 0 Å². The van der Waals surface area contributed by atoms with E-state index in [1.807, 2.05) is 27.7 Å². The highest BCUT2D eigenvalue weighted by atomic mass is 16.5. The summed E-state index contributed by atoms with van der Waals surface area (Å²) < 4.78 is 11.0. The van der Waals surface area contributed by atoms with E-state index in [0.717, 1.165) is 11.5 Å². The van der Waals surface area contributed by atoms with E-state index in [1.54, 1.807) is 7.05 Å². The first kappa shape index (κ1) is 15.0. The Morgan fingerprint density at radius 2 is 1.81 bits per heavy atom. The summed E-state index contributed by atoms with van der Waals surface area (Å²) in [6, 6.07) is 0.270. The molecule has 0 atom stereocenters. The van der Waals surface area contributed by atoms with Crippen LogP contribution in [0.2, 0.25) is 0 Å². The summed E-state index contributed by atoms with van der Waals surface area (Å²) in [5.41, 5.74) is 0.877. The standard InChI is InChI=1S/C13H20N6O2/c1-7(2)20-13-18-11(14-5)17-12(19-13)15-6-10-16-8(3)9(4)21-10/h7H,6H2,1-5H3,(H2,14,15,17,18,19). The maximum atomic E-state index is 5.50. The molecule has 0 radical (unpaired) electrons. The number of nitrogens with one attached hydrogen (secondary N) is 2. The average molecular weight is 292 g/mol. The zero-order chi connectivity index (χ0) is 15.4. The van der Waals surface area contributed by atoms with Gasteiger partial charge in [-0.1, -0.05) is 0 Å². The number of anilines is 2. The molecule has 21 heavy (non-hydrogen) atoms. The van der Waals surface area contributed by atoms with Crippen molar-refractivity contribution in [3.8, 4) is 6.01 Å². The lowest BCUT2D eigenvalue weighted by atomic mass is 10.4. The van der Waals surface area contributed by atoms with Crippen LogP contribution in [0.5, 0.6) is 6.01 Å². The Morgan fingerprint density at radius 3 is 2.38 bits per heavy atom. The summed E-state index contributed by atoms with van der Waals surface area (Å²) in [7, 11) is 1.74. The topological polar surface area (TPSA) is 98.0 Å². The summed E-state index contributed by atoms with van der Waals surface area (Å²) in [4.78, 5) is 16.8. The van der Waals surface area contributed by atoms with Crippen LogP contribution in [0.1, 0.15) is 31.2 Å². The van der Waals surface area contributed by atoms with Crippen LogP contribution >= 0.6 is 0 Å². The maximum Gasteiger partial charge on any atom is 0.323 e. The molecule has 0 aliphatic heterocycles. The Hall–Kier alpha value is -2.38.